The van der Waals surface area contributed by atoms with E-state index < -0.39 is 28.0 Å². The van der Waals surface area contributed by atoms with Gasteiger partial charge in [0.2, 0.25) is 10.0 Å². The maximum Gasteiger partial charge on any atom is 0.240 e. The quantitative estimate of drug-likeness (QED) is 0.605. The van der Waals surface area contributed by atoms with E-state index in [1.165, 1.54) is 17.7 Å². The first-order chi connectivity index (χ1) is 16.3. The van der Waals surface area contributed by atoms with Crippen molar-refractivity contribution in [2.75, 3.05) is 27.3 Å². The van der Waals surface area contributed by atoms with Crippen LogP contribution in [0.1, 0.15) is 51.0 Å². The van der Waals surface area contributed by atoms with E-state index in [4.69, 9.17) is 9.47 Å². The van der Waals surface area contributed by atoms with E-state index in [1.54, 1.807) is 26.4 Å². The maximum absolute atomic E-state index is 15.5. The highest BCUT2D eigenvalue weighted by molar-refractivity contribution is 7.89. The number of nitrogens with zero attached hydrogens (tertiary/aromatic N) is 1. The number of halogens is 1. The molecule has 3 aliphatic rings. The second-order valence-corrected chi connectivity index (χ2v) is 11.1. The Labute approximate surface area is 202 Å². The van der Waals surface area contributed by atoms with Gasteiger partial charge in [-0.2, -0.15) is 0 Å². The summed E-state index contributed by atoms with van der Waals surface area (Å²) in [5.41, 5.74) is 1.26. The molecule has 1 saturated carbocycles. The number of hydrogen-bond acceptors (Lipinski definition) is 6. The Hall–Kier alpha value is -1.94. The number of hydrogen-bond donors (Lipinski definition) is 2. The molecule has 4 rings (SSSR count). The van der Waals surface area contributed by atoms with Gasteiger partial charge in [-0.05, 0) is 74.8 Å². The summed E-state index contributed by atoms with van der Waals surface area (Å²) in [7, 11) is -0.587. The van der Waals surface area contributed by atoms with Crippen molar-refractivity contribution in [1.29, 1.82) is 0 Å². The van der Waals surface area contributed by atoms with E-state index in [9.17, 15) is 8.42 Å². The summed E-state index contributed by atoms with van der Waals surface area (Å²) in [5.74, 6) is 0. The molecule has 2 aliphatic heterocycles. The first kappa shape index (κ1) is 25.2. The number of alkyl halides is 1. The van der Waals surface area contributed by atoms with Gasteiger partial charge in [0.15, 0.2) is 0 Å². The minimum atomic E-state index is -3.81. The fourth-order valence-corrected chi connectivity index (χ4v) is 6.37. The molecule has 34 heavy (non-hydrogen) atoms. The molecule has 0 aromatic heterocycles. The van der Waals surface area contributed by atoms with Crippen LogP contribution in [0.15, 0.2) is 52.7 Å². The molecule has 0 saturated heterocycles. The van der Waals surface area contributed by atoms with Crippen molar-refractivity contribution in [3.63, 3.8) is 0 Å². The van der Waals surface area contributed by atoms with Crippen LogP contribution in [0.3, 0.4) is 0 Å². The minimum absolute atomic E-state index is 0.0928. The average molecular weight is 494 g/mol. The Morgan fingerprint density at radius 3 is 2.50 bits per heavy atom. The number of rotatable bonds is 7. The SMILES string of the molecule is CCN1C=CC2=C(CC1)CC(NS(=O)(=O)c1ccc(C3(F)CCC(OC)CC3)cc1)C(OC)N2. The number of allylic oxidation sites excluding steroid dienone is 1. The fourth-order valence-electron chi connectivity index (χ4n) is 5.14. The number of benzene rings is 1. The molecule has 2 unspecified atom stereocenters. The lowest BCUT2D eigenvalue weighted by Crippen LogP contribution is -2.53. The van der Waals surface area contributed by atoms with Crippen LogP contribution in [-0.2, 0) is 25.2 Å². The predicted molar refractivity (Wildman–Crippen MR) is 129 cm³/mol. The zero-order valence-corrected chi connectivity index (χ0v) is 21.0. The van der Waals surface area contributed by atoms with Crippen LogP contribution in [0.25, 0.3) is 0 Å². The van der Waals surface area contributed by atoms with Crippen molar-refractivity contribution in [2.45, 2.75) is 74.4 Å². The molecular weight excluding hydrogens is 457 g/mol. The van der Waals surface area contributed by atoms with Crippen molar-refractivity contribution < 1.29 is 22.3 Å². The molecule has 2 atom stereocenters. The van der Waals surface area contributed by atoms with Crippen LogP contribution >= 0.6 is 0 Å². The van der Waals surface area contributed by atoms with Gasteiger partial charge in [-0.3, -0.25) is 0 Å². The van der Waals surface area contributed by atoms with E-state index in [0.717, 1.165) is 25.2 Å². The summed E-state index contributed by atoms with van der Waals surface area (Å²) in [6.45, 7) is 3.92. The van der Waals surface area contributed by atoms with Crippen molar-refractivity contribution in [3.05, 3.63) is 53.4 Å². The highest BCUT2D eigenvalue weighted by Gasteiger charge is 2.38. The second kappa shape index (κ2) is 10.4. The lowest BCUT2D eigenvalue weighted by atomic mass is 9.80. The van der Waals surface area contributed by atoms with Gasteiger partial charge in [0.05, 0.1) is 17.0 Å². The molecule has 7 nitrogen and oxygen atoms in total. The zero-order valence-electron chi connectivity index (χ0n) is 20.2. The van der Waals surface area contributed by atoms with E-state index in [0.29, 0.717) is 37.7 Å². The third kappa shape index (κ3) is 5.32. The summed E-state index contributed by atoms with van der Waals surface area (Å²) < 4.78 is 55.6. The molecule has 0 spiro atoms. The average Bonchev–Trinajstić information content (AvgIpc) is 3.05. The smallest absolute Gasteiger partial charge is 0.240 e. The molecule has 2 heterocycles. The summed E-state index contributed by atoms with van der Waals surface area (Å²) >= 11 is 0. The first-order valence-corrected chi connectivity index (χ1v) is 13.5. The molecule has 188 valence electrons. The predicted octanol–water partition coefficient (Wildman–Crippen LogP) is 3.55. The number of ether oxygens (including phenoxy) is 2. The Balaban J connectivity index is 1.46. The molecule has 0 bridgehead atoms. The molecule has 1 aliphatic carbocycles. The summed E-state index contributed by atoms with van der Waals surface area (Å²) in [4.78, 5) is 2.35. The zero-order chi connectivity index (χ0) is 24.3. The van der Waals surface area contributed by atoms with E-state index in [1.807, 2.05) is 6.08 Å². The normalized spacial score (nSPS) is 30.0. The van der Waals surface area contributed by atoms with Crippen LogP contribution in [0.5, 0.6) is 0 Å². The van der Waals surface area contributed by atoms with Gasteiger partial charge in [-0.15, -0.1) is 0 Å². The highest BCUT2D eigenvalue weighted by atomic mass is 32.2. The van der Waals surface area contributed by atoms with E-state index >= 15 is 4.39 Å². The van der Waals surface area contributed by atoms with E-state index in [-0.39, 0.29) is 11.0 Å². The molecule has 0 amide bonds. The molecular formula is C25H36FN3O4S. The third-order valence-electron chi connectivity index (χ3n) is 7.37. The largest absolute Gasteiger partial charge is 0.381 e. The van der Waals surface area contributed by atoms with Gasteiger partial charge in [-0.25, -0.2) is 17.5 Å². The van der Waals surface area contributed by atoms with Crippen LogP contribution < -0.4 is 10.0 Å². The minimum Gasteiger partial charge on any atom is -0.381 e. The summed E-state index contributed by atoms with van der Waals surface area (Å²) in [6.07, 6.45) is 7.19. The van der Waals surface area contributed by atoms with Crippen molar-refractivity contribution in [2.24, 2.45) is 0 Å². The van der Waals surface area contributed by atoms with Crippen molar-refractivity contribution >= 4 is 10.0 Å². The molecule has 1 aromatic carbocycles. The van der Waals surface area contributed by atoms with Crippen molar-refractivity contribution in [3.8, 4) is 0 Å². The maximum atomic E-state index is 15.5. The van der Waals surface area contributed by atoms with Crippen molar-refractivity contribution in [1.82, 2.24) is 14.9 Å². The monoisotopic (exact) mass is 493 g/mol. The summed E-state index contributed by atoms with van der Waals surface area (Å²) in [5, 5.41) is 3.34. The standard InChI is InChI=1S/C25H36FN3O4S/c1-4-29-15-11-18-17-23(24(33-3)27-22(18)12-16-29)28-34(30,31)21-7-5-19(6-8-21)25(26)13-9-20(32-2)10-14-25/h5-8,12,16,20,23-24,27-28H,4,9-11,13-15,17H2,1-3H3. The molecule has 2 N–H and O–H groups in total. The van der Waals surface area contributed by atoms with E-state index in [2.05, 4.69) is 28.1 Å². The molecule has 0 radical (unpaired) electrons. The van der Waals surface area contributed by atoms with Gasteiger partial charge in [0.1, 0.15) is 11.9 Å². The Morgan fingerprint density at radius 1 is 1.18 bits per heavy atom. The first-order valence-electron chi connectivity index (χ1n) is 12.1. The lowest BCUT2D eigenvalue weighted by Gasteiger charge is -2.35. The Bertz CT molecular complexity index is 1020. The number of methoxy groups -OCH3 is 2. The Morgan fingerprint density at radius 2 is 1.88 bits per heavy atom. The molecule has 9 heteroatoms. The second-order valence-electron chi connectivity index (χ2n) is 9.37. The summed E-state index contributed by atoms with van der Waals surface area (Å²) in [6, 6.07) is 5.75. The van der Waals surface area contributed by atoms with Crippen LogP contribution in [0, 0.1) is 0 Å². The van der Waals surface area contributed by atoms with Crippen LogP contribution in [0.2, 0.25) is 0 Å². The van der Waals surface area contributed by atoms with Gasteiger partial charge >= 0.3 is 0 Å². The number of sulfonamides is 1. The van der Waals surface area contributed by atoms with Gasteiger partial charge in [-0.1, -0.05) is 12.1 Å². The lowest BCUT2D eigenvalue weighted by molar-refractivity contribution is 0.00578. The van der Waals surface area contributed by atoms with Crippen LogP contribution in [0.4, 0.5) is 4.39 Å². The molecule has 1 aromatic rings. The number of nitrogens with one attached hydrogen (secondary N) is 2. The van der Waals surface area contributed by atoms with Gasteiger partial charge in [0.25, 0.3) is 0 Å². The Kier molecular flexibility index (Phi) is 7.66. The topological polar surface area (TPSA) is 79.9 Å². The van der Waals surface area contributed by atoms with Gasteiger partial charge < -0.3 is 19.7 Å². The fraction of sp³-hybridized carbons (Fsp3) is 0.600. The molecule has 1 fully saturated rings. The van der Waals surface area contributed by atoms with Gasteiger partial charge in [0, 0.05) is 39.2 Å². The third-order valence-corrected chi connectivity index (χ3v) is 8.88. The highest BCUT2D eigenvalue weighted by Crippen LogP contribution is 2.41. The van der Waals surface area contributed by atoms with Crippen LogP contribution in [-0.4, -0.2) is 59.0 Å².